The number of rotatable bonds is 16. The van der Waals surface area contributed by atoms with E-state index in [2.05, 4.69) is 67.5 Å². The third-order valence-corrected chi connectivity index (χ3v) is 13.8. The molecule has 7 nitrogen and oxygen atoms in total. The van der Waals surface area contributed by atoms with Gasteiger partial charge in [0.25, 0.3) is 0 Å². The average Bonchev–Trinajstić information content (AvgIpc) is 2.60. The summed E-state index contributed by atoms with van der Waals surface area (Å²) in [5, 5.41) is 0. The lowest BCUT2D eigenvalue weighted by atomic mass is 10.6. The Morgan fingerprint density at radius 2 is 1.00 bits per heavy atom. The molecule has 0 N–H and O–H groups in total. The first-order valence-electron chi connectivity index (χ1n) is 6.07. The molecule has 18 radical (unpaired) electrons. The molecular formula is C6H12O7S2Si8. The molecule has 0 fully saturated rings. The quantitative estimate of drug-likeness (QED) is 0.0953. The predicted molar refractivity (Wildman–Crippen MR) is 97.4 cm³/mol. The van der Waals surface area contributed by atoms with Crippen molar-refractivity contribution >= 4 is 102 Å². The van der Waals surface area contributed by atoms with Gasteiger partial charge in [0.1, 0.15) is 0 Å². The monoisotopic (exact) mass is 484 g/mol. The Bertz CT molecular complexity index is 279. The molecule has 0 aliphatic rings. The van der Waals surface area contributed by atoms with E-state index >= 15 is 0 Å². The van der Waals surface area contributed by atoms with E-state index in [1.54, 1.807) is 21.6 Å². The van der Waals surface area contributed by atoms with Gasteiger partial charge in [0, 0.05) is 23.6 Å². The van der Waals surface area contributed by atoms with Crippen LogP contribution in [0.25, 0.3) is 0 Å². The molecule has 0 spiro atoms. The fourth-order valence-electron chi connectivity index (χ4n) is 1.29. The highest BCUT2D eigenvalue weighted by molar-refractivity contribution is 8.76. The van der Waals surface area contributed by atoms with E-state index in [1.807, 2.05) is 0 Å². The topological polar surface area (TPSA) is 64.6 Å². The van der Waals surface area contributed by atoms with Gasteiger partial charge < -0.3 is 20.6 Å². The summed E-state index contributed by atoms with van der Waals surface area (Å²) >= 11 is 0. The lowest BCUT2D eigenvalue weighted by Gasteiger charge is -2.25. The van der Waals surface area contributed by atoms with Crippen LogP contribution in [0.2, 0.25) is 12.1 Å². The molecule has 17 heteroatoms. The summed E-state index contributed by atoms with van der Waals surface area (Å²) in [5.74, 6) is 1.85. The molecule has 0 amide bonds. The standard InChI is InChI=1S/C6H12O7S2Si8/c16-7-8-22(9-17,10-18)5-1-3-14-15-4-2-6-23(11-19,12-20)13-21/h1-6H2. The van der Waals surface area contributed by atoms with Gasteiger partial charge in [0.15, 0.2) is 0 Å². The van der Waals surface area contributed by atoms with Crippen molar-refractivity contribution in [2.75, 3.05) is 11.5 Å². The summed E-state index contributed by atoms with van der Waals surface area (Å²) < 4.78 is 34.9. The van der Waals surface area contributed by atoms with Gasteiger partial charge in [-0.15, -0.1) is 0 Å². The Labute approximate surface area is 167 Å². The first-order chi connectivity index (χ1) is 11.1. The van der Waals surface area contributed by atoms with Crippen LogP contribution in [0.1, 0.15) is 12.8 Å². The molecule has 23 heavy (non-hydrogen) atoms. The highest BCUT2D eigenvalue weighted by Gasteiger charge is 2.39. The van der Waals surface area contributed by atoms with Crippen LogP contribution >= 0.6 is 21.6 Å². The summed E-state index contributed by atoms with van der Waals surface area (Å²) in [5.41, 5.74) is 0. The van der Waals surface area contributed by atoms with E-state index in [1.165, 1.54) is 0 Å². The predicted octanol–water partition coefficient (Wildman–Crippen LogP) is -0.442. The van der Waals surface area contributed by atoms with Crippen LogP contribution in [-0.2, 0) is 29.7 Å². The van der Waals surface area contributed by atoms with Crippen LogP contribution in [0.15, 0.2) is 0 Å². The molecule has 0 aromatic heterocycles. The van der Waals surface area contributed by atoms with Crippen LogP contribution in [0.3, 0.4) is 0 Å². The lowest BCUT2D eigenvalue weighted by Crippen LogP contribution is -2.44. The summed E-state index contributed by atoms with van der Waals surface area (Å²) in [6.45, 7) is 0. The minimum atomic E-state index is -2.88. The molecule has 0 heterocycles. The molecule has 0 saturated carbocycles. The van der Waals surface area contributed by atoms with Gasteiger partial charge in [-0.25, -0.2) is 4.58 Å². The van der Waals surface area contributed by atoms with Crippen LogP contribution < -0.4 is 0 Å². The SMILES string of the molecule is [Si]OO[Si](CCCSSCCC[Si](O[Si])(O[Si])O[Si])(O[Si])O[Si]. The van der Waals surface area contributed by atoms with Crippen molar-refractivity contribution in [2.24, 2.45) is 0 Å². The fraction of sp³-hybridized carbons (Fsp3) is 1.00. The molecular weight excluding hydrogens is 473 g/mol. The first-order valence-corrected chi connectivity index (χ1v) is 14.9. The maximum Gasteiger partial charge on any atom is 0.507 e. The van der Waals surface area contributed by atoms with Crippen molar-refractivity contribution in [1.29, 1.82) is 0 Å². The van der Waals surface area contributed by atoms with Gasteiger partial charge in [0.05, 0.1) is 0 Å². The normalized spacial score (nSPS) is 12.8. The fourth-order valence-corrected chi connectivity index (χ4v) is 10.3. The van der Waals surface area contributed by atoms with E-state index in [4.69, 9.17) is 25.2 Å². The Hall–Kier alpha value is 2.16. The molecule has 0 atom stereocenters. The Morgan fingerprint density at radius 1 is 0.609 bits per heavy atom. The molecule has 0 rings (SSSR count). The number of hydrogen-bond donors (Lipinski definition) is 0. The zero-order valence-electron chi connectivity index (χ0n) is 11.9. The highest BCUT2D eigenvalue weighted by Crippen LogP contribution is 2.27. The van der Waals surface area contributed by atoms with Crippen LogP contribution in [0, 0.1) is 0 Å². The smallest absolute Gasteiger partial charge is 0.416 e. The zero-order valence-corrected chi connectivity index (χ0v) is 21.5. The van der Waals surface area contributed by atoms with Crippen LogP contribution in [0.5, 0.6) is 0 Å². The minimum Gasteiger partial charge on any atom is -0.416 e. The zero-order chi connectivity index (χ0) is 17.6. The van der Waals surface area contributed by atoms with Crippen molar-refractivity contribution in [1.82, 2.24) is 0 Å². The molecule has 0 unspecified atom stereocenters. The van der Waals surface area contributed by atoms with Gasteiger partial charge in [-0.05, 0) is 12.8 Å². The second-order valence-corrected chi connectivity index (χ2v) is 14.7. The largest absolute Gasteiger partial charge is 0.507 e. The Morgan fingerprint density at radius 3 is 1.35 bits per heavy atom. The molecule has 0 aromatic rings. The molecule has 0 saturated heterocycles. The minimum absolute atomic E-state index is 0.583. The average molecular weight is 485 g/mol. The first kappa shape index (κ1) is 25.2. The Kier molecular flexibility index (Phi) is 16.7. The summed E-state index contributed by atoms with van der Waals surface area (Å²) in [4.78, 5) is 0. The van der Waals surface area contributed by atoms with Crippen molar-refractivity contribution in [2.45, 2.75) is 24.9 Å². The van der Waals surface area contributed by atoms with E-state index in [9.17, 15) is 0 Å². The van der Waals surface area contributed by atoms with Gasteiger partial charge in [-0.2, -0.15) is 0 Å². The second kappa shape index (κ2) is 15.2. The van der Waals surface area contributed by atoms with Gasteiger partial charge in [0.2, 0.25) is 52.4 Å². The summed E-state index contributed by atoms with van der Waals surface area (Å²) in [6, 6.07) is 1.25. The summed E-state index contributed by atoms with van der Waals surface area (Å²) in [6.07, 6.45) is 1.72. The maximum atomic E-state index is 5.09. The molecule has 0 bridgehead atoms. The van der Waals surface area contributed by atoms with E-state index in [-0.39, 0.29) is 0 Å². The van der Waals surface area contributed by atoms with Gasteiger partial charge >= 0.3 is 28.1 Å². The van der Waals surface area contributed by atoms with Crippen molar-refractivity contribution < 1.29 is 29.7 Å². The molecule has 0 aromatic carbocycles. The maximum absolute atomic E-state index is 5.09. The lowest BCUT2D eigenvalue weighted by molar-refractivity contribution is -0.140. The number of hydrogen-bond acceptors (Lipinski definition) is 9. The summed E-state index contributed by atoms with van der Waals surface area (Å²) in [7, 11) is 15.5. The van der Waals surface area contributed by atoms with Crippen LogP contribution in [0.4, 0.5) is 0 Å². The van der Waals surface area contributed by atoms with E-state index in [0.29, 0.717) is 12.1 Å². The van der Waals surface area contributed by atoms with Gasteiger partial charge in [-0.1, -0.05) is 21.6 Å². The van der Waals surface area contributed by atoms with Gasteiger partial charge in [-0.3, -0.25) is 4.58 Å². The molecule has 122 valence electrons. The van der Waals surface area contributed by atoms with E-state index < -0.39 is 17.6 Å². The van der Waals surface area contributed by atoms with Crippen molar-refractivity contribution in [3.63, 3.8) is 0 Å². The molecule has 0 aliphatic carbocycles. The third-order valence-electron chi connectivity index (χ3n) is 2.45. The van der Waals surface area contributed by atoms with Crippen molar-refractivity contribution in [3.8, 4) is 0 Å². The Balaban J connectivity index is 3.77. The van der Waals surface area contributed by atoms with Crippen LogP contribution in [-0.4, -0.2) is 92.0 Å². The molecule has 0 aliphatic heterocycles. The second-order valence-electron chi connectivity index (χ2n) is 3.89. The third kappa shape index (κ3) is 10.2. The van der Waals surface area contributed by atoms with E-state index in [0.717, 1.165) is 24.3 Å². The van der Waals surface area contributed by atoms with Crippen molar-refractivity contribution in [3.05, 3.63) is 0 Å². The highest BCUT2D eigenvalue weighted by atomic mass is 33.1.